The van der Waals surface area contributed by atoms with Crippen molar-refractivity contribution in [2.45, 2.75) is 52.9 Å². The highest BCUT2D eigenvalue weighted by Gasteiger charge is 2.27. The van der Waals surface area contributed by atoms with Crippen LogP contribution < -0.4 is 4.90 Å². The lowest BCUT2D eigenvalue weighted by molar-refractivity contribution is 0.0695. The number of aryl methyl sites for hydroxylation is 1. The van der Waals surface area contributed by atoms with Gasteiger partial charge >= 0.3 is 5.97 Å². The van der Waals surface area contributed by atoms with Gasteiger partial charge in [-0.1, -0.05) is 27.2 Å². The van der Waals surface area contributed by atoms with Gasteiger partial charge in [0.15, 0.2) is 5.82 Å². The summed E-state index contributed by atoms with van der Waals surface area (Å²) in [5, 5.41) is 18.2. The minimum Gasteiger partial charge on any atom is -0.478 e. The lowest BCUT2D eigenvalue weighted by Crippen LogP contribution is -2.37. The molecule has 0 saturated carbocycles. The predicted octanol–water partition coefficient (Wildman–Crippen LogP) is 2.93. The van der Waals surface area contributed by atoms with Gasteiger partial charge < -0.3 is 10.0 Å². The van der Waals surface area contributed by atoms with Crippen LogP contribution in [0.1, 0.15) is 61.6 Å². The van der Waals surface area contributed by atoms with Gasteiger partial charge in [0, 0.05) is 13.1 Å². The highest BCUT2D eigenvalue weighted by atomic mass is 16.4. The maximum absolute atomic E-state index is 11.8. The van der Waals surface area contributed by atoms with Gasteiger partial charge in [-0.3, -0.25) is 0 Å². The number of rotatable bonds is 5. The molecule has 0 bridgehead atoms. The van der Waals surface area contributed by atoms with Gasteiger partial charge in [0.2, 0.25) is 0 Å². The SMILES string of the molecule is CCc1nnc(N2CCCC(CC)C2)c(C(=O)O)c1CC. The lowest BCUT2D eigenvalue weighted by atomic mass is 9.94. The van der Waals surface area contributed by atoms with Crippen LogP contribution in [0.2, 0.25) is 0 Å². The summed E-state index contributed by atoms with van der Waals surface area (Å²) < 4.78 is 0. The molecule has 1 aliphatic rings. The molecule has 2 heterocycles. The van der Waals surface area contributed by atoms with E-state index in [1.165, 1.54) is 6.42 Å². The van der Waals surface area contributed by atoms with Crippen LogP contribution in [0.5, 0.6) is 0 Å². The van der Waals surface area contributed by atoms with Crippen molar-refractivity contribution in [3.63, 3.8) is 0 Å². The molecule has 0 amide bonds. The zero-order chi connectivity index (χ0) is 15.4. The number of carboxylic acid groups (broad SMARTS) is 1. The number of hydrogen-bond donors (Lipinski definition) is 1. The number of hydrogen-bond acceptors (Lipinski definition) is 4. The Morgan fingerprint density at radius 2 is 2.05 bits per heavy atom. The van der Waals surface area contributed by atoms with Gasteiger partial charge in [-0.05, 0) is 37.2 Å². The van der Waals surface area contributed by atoms with Crippen LogP contribution in [0.3, 0.4) is 0 Å². The molecule has 5 nitrogen and oxygen atoms in total. The topological polar surface area (TPSA) is 66.3 Å². The Kier molecular flexibility index (Phi) is 5.15. The summed E-state index contributed by atoms with van der Waals surface area (Å²) in [6.45, 7) is 7.93. The lowest BCUT2D eigenvalue weighted by Gasteiger charge is -2.34. The van der Waals surface area contributed by atoms with Gasteiger partial charge in [0.25, 0.3) is 0 Å². The third kappa shape index (κ3) is 3.17. The fourth-order valence-corrected chi connectivity index (χ4v) is 3.20. The molecule has 2 rings (SSSR count). The summed E-state index contributed by atoms with van der Waals surface area (Å²) in [4.78, 5) is 13.9. The highest BCUT2D eigenvalue weighted by Crippen LogP contribution is 2.28. The molecule has 116 valence electrons. The monoisotopic (exact) mass is 291 g/mol. The van der Waals surface area contributed by atoms with E-state index in [1.807, 2.05) is 13.8 Å². The van der Waals surface area contributed by atoms with Crippen molar-refractivity contribution in [2.75, 3.05) is 18.0 Å². The molecule has 0 radical (unpaired) electrons. The number of carboxylic acids is 1. The molecular weight excluding hydrogens is 266 g/mol. The van der Waals surface area contributed by atoms with E-state index < -0.39 is 5.97 Å². The molecule has 0 spiro atoms. The second kappa shape index (κ2) is 6.87. The fraction of sp³-hybridized carbons (Fsp3) is 0.688. The van der Waals surface area contributed by atoms with Gasteiger partial charge in [-0.25, -0.2) is 4.79 Å². The zero-order valence-corrected chi connectivity index (χ0v) is 13.2. The van der Waals surface area contributed by atoms with Crippen molar-refractivity contribution >= 4 is 11.8 Å². The van der Waals surface area contributed by atoms with Gasteiger partial charge in [0.05, 0.1) is 5.69 Å². The average Bonchev–Trinajstić information content (AvgIpc) is 2.53. The van der Waals surface area contributed by atoms with Crippen LogP contribution in [-0.2, 0) is 12.8 Å². The fourth-order valence-electron chi connectivity index (χ4n) is 3.20. The summed E-state index contributed by atoms with van der Waals surface area (Å²) in [5.41, 5.74) is 2.01. The summed E-state index contributed by atoms with van der Waals surface area (Å²) in [6.07, 6.45) is 4.83. The summed E-state index contributed by atoms with van der Waals surface area (Å²) in [5.74, 6) is 0.304. The molecule has 1 aliphatic heterocycles. The Balaban J connectivity index is 2.45. The second-order valence-electron chi connectivity index (χ2n) is 5.70. The van der Waals surface area contributed by atoms with Crippen LogP contribution in [-0.4, -0.2) is 34.4 Å². The number of piperidine rings is 1. The third-order valence-electron chi connectivity index (χ3n) is 4.44. The Bertz CT molecular complexity index is 516. The molecule has 1 aromatic heterocycles. The van der Waals surface area contributed by atoms with Gasteiger partial charge in [-0.15, -0.1) is 5.10 Å². The van der Waals surface area contributed by atoms with E-state index in [9.17, 15) is 9.90 Å². The van der Waals surface area contributed by atoms with Crippen LogP contribution in [0.25, 0.3) is 0 Å². The molecule has 21 heavy (non-hydrogen) atoms. The largest absolute Gasteiger partial charge is 0.478 e. The van der Waals surface area contributed by atoms with Crippen LogP contribution in [0, 0.1) is 5.92 Å². The minimum atomic E-state index is -0.884. The maximum Gasteiger partial charge on any atom is 0.339 e. The van der Waals surface area contributed by atoms with Crippen molar-refractivity contribution in [2.24, 2.45) is 5.92 Å². The summed E-state index contributed by atoms with van der Waals surface area (Å²) in [7, 11) is 0. The standard InChI is InChI=1S/C16H25N3O2/c1-4-11-8-7-9-19(10-11)15-14(16(20)21)12(5-2)13(6-3)17-18-15/h11H,4-10H2,1-3H3,(H,20,21). The van der Waals surface area contributed by atoms with Crippen molar-refractivity contribution in [3.05, 3.63) is 16.8 Å². The van der Waals surface area contributed by atoms with E-state index in [-0.39, 0.29) is 0 Å². The number of carbonyl (C=O) groups is 1. The molecule has 5 heteroatoms. The molecule has 1 atom stereocenters. The van der Waals surface area contributed by atoms with E-state index in [1.54, 1.807) is 0 Å². The molecule has 0 aromatic carbocycles. The van der Waals surface area contributed by atoms with E-state index in [0.29, 0.717) is 30.1 Å². The molecule has 1 saturated heterocycles. The first-order chi connectivity index (χ1) is 10.1. The van der Waals surface area contributed by atoms with Gasteiger partial charge in [0.1, 0.15) is 5.56 Å². The minimum absolute atomic E-state index is 0.362. The first-order valence-corrected chi connectivity index (χ1v) is 7.98. The first kappa shape index (κ1) is 15.7. The predicted molar refractivity (Wildman–Crippen MR) is 83.0 cm³/mol. The Morgan fingerprint density at radius 3 is 2.62 bits per heavy atom. The number of aromatic carboxylic acids is 1. The van der Waals surface area contributed by atoms with Crippen molar-refractivity contribution in [3.8, 4) is 0 Å². The van der Waals surface area contributed by atoms with Crippen molar-refractivity contribution in [1.82, 2.24) is 10.2 Å². The van der Waals surface area contributed by atoms with Gasteiger partial charge in [-0.2, -0.15) is 5.10 Å². The van der Waals surface area contributed by atoms with Crippen LogP contribution in [0.4, 0.5) is 5.82 Å². The third-order valence-corrected chi connectivity index (χ3v) is 4.44. The quantitative estimate of drug-likeness (QED) is 0.903. The van der Waals surface area contributed by atoms with E-state index in [2.05, 4.69) is 22.0 Å². The molecule has 1 N–H and O–H groups in total. The molecule has 1 aromatic rings. The Hall–Kier alpha value is -1.65. The average molecular weight is 291 g/mol. The van der Waals surface area contributed by atoms with Crippen LogP contribution in [0.15, 0.2) is 0 Å². The number of nitrogens with zero attached hydrogens (tertiary/aromatic N) is 3. The Labute approximate surface area is 126 Å². The summed E-state index contributed by atoms with van der Waals surface area (Å²) in [6, 6.07) is 0. The maximum atomic E-state index is 11.8. The first-order valence-electron chi connectivity index (χ1n) is 7.98. The molecule has 0 aliphatic carbocycles. The smallest absolute Gasteiger partial charge is 0.339 e. The second-order valence-corrected chi connectivity index (χ2v) is 5.70. The molecule has 1 fully saturated rings. The van der Waals surface area contributed by atoms with E-state index in [0.717, 1.165) is 37.2 Å². The number of aromatic nitrogens is 2. The molecule has 1 unspecified atom stereocenters. The zero-order valence-electron chi connectivity index (χ0n) is 13.2. The van der Waals surface area contributed by atoms with Crippen molar-refractivity contribution < 1.29 is 9.90 Å². The van der Waals surface area contributed by atoms with E-state index >= 15 is 0 Å². The van der Waals surface area contributed by atoms with Crippen molar-refractivity contribution in [1.29, 1.82) is 0 Å². The van der Waals surface area contributed by atoms with Crippen LogP contribution >= 0.6 is 0 Å². The normalized spacial score (nSPS) is 18.8. The highest BCUT2D eigenvalue weighted by molar-refractivity contribution is 5.95. The molecular formula is C16H25N3O2. The number of anilines is 1. The van der Waals surface area contributed by atoms with E-state index in [4.69, 9.17) is 0 Å². The Morgan fingerprint density at radius 1 is 1.29 bits per heavy atom. The summed E-state index contributed by atoms with van der Waals surface area (Å²) >= 11 is 0.